The average molecular weight is 424 g/mol. The van der Waals surface area contributed by atoms with Crippen LogP contribution in [0, 0.1) is 0 Å². The minimum absolute atomic E-state index is 0.394. The van der Waals surface area contributed by atoms with Crippen molar-refractivity contribution in [3.63, 3.8) is 0 Å². The third-order valence-corrected chi connectivity index (χ3v) is 4.25. The maximum atomic E-state index is 12.4. The Morgan fingerprint density at radius 2 is 1.67 bits per heavy atom. The first-order valence-electron chi connectivity index (χ1n) is 8.48. The summed E-state index contributed by atoms with van der Waals surface area (Å²) >= 11 is 3.35. The van der Waals surface area contributed by atoms with Crippen LogP contribution in [0.2, 0.25) is 0 Å². The van der Waals surface area contributed by atoms with Gasteiger partial charge in [0.15, 0.2) is 11.5 Å². The highest BCUT2D eigenvalue weighted by molar-refractivity contribution is 9.10. The van der Waals surface area contributed by atoms with E-state index in [-0.39, 0.29) is 0 Å². The monoisotopic (exact) mass is 423 g/mol. The number of esters is 1. The molecule has 0 saturated carbocycles. The number of carbonyl (C=O) groups excluding carboxylic acids is 1. The van der Waals surface area contributed by atoms with E-state index in [0.29, 0.717) is 23.7 Å². The van der Waals surface area contributed by atoms with Gasteiger partial charge in [-0.1, -0.05) is 34.1 Å². The summed E-state index contributed by atoms with van der Waals surface area (Å²) in [5, 5.41) is 0. The van der Waals surface area contributed by atoms with E-state index in [1.54, 1.807) is 42.7 Å². The molecule has 3 rings (SSSR count). The minimum Gasteiger partial charge on any atom is -0.490 e. The largest absolute Gasteiger partial charge is 0.490 e. The molecular weight excluding hydrogens is 406 g/mol. The molecule has 0 aliphatic heterocycles. The second-order valence-corrected chi connectivity index (χ2v) is 6.57. The highest BCUT2D eigenvalue weighted by Gasteiger charge is 2.13. The average Bonchev–Trinajstić information content (AvgIpc) is 2.69. The Morgan fingerprint density at radius 3 is 2.37 bits per heavy atom. The Morgan fingerprint density at radius 1 is 0.963 bits per heavy atom. The number of rotatable bonds is 6. The van der Waals surface area contributed by atoms with Gasteiger partial charge in [0, 0.05) is 16.9 Å². The number of hydrogen-bond acceptors (Lipinski definition) is 4. The van der Waals surface area contributed by atoms with Crippen LogP contribution in [0.5, 0.6) is 11.5 Å². The molecule has 0 radical (unpaired) electrons. The van der Waals surface area contributed by atoms with Gasteiger partial charge in [0.1, 0.15) is 0 Å². The number of aromatic nitrogens is 1. The standard InChI is InChI=1S/C22H18BrNO3/c1-2-26-21-15-17(4-3-16-11-13-24-14-12-16)5-10-20(21)27-22(25)18-6-8-19(23)9-7-18/h3-15H,2H2,1H3/b4-3+. The van der Waals surface area contributed by atoms with E-state index < -0.39 is 5.97 Å². The first-order valence-corrected chi connectivity index (χ1v) is 9.27. The smallest absolute Gasteiger partial charge is 0.343 e. The normalized spacial score (nSPS) is 10.7. The molecule has 0 spiro atoms. The zero-order valence-electron chi connectivity index (χ0n) is 14.8. The molecule has 1 aromatic heterocycles. The molecule has 0 fully saturated rings. The van der Waals surface area contributed by atoms with Gasteiger partial charge in [-0.05, 0) is 66.6 Å². The maximum Gasteiger partial charge on any atom is 0.343 e. The Kier molecular flexibility index (Phi) is 6.39. The molecule has 0 aliphatic rings. The van der Waals surface area contributed by atoms with Gasteiger partial charge in [-0.3, -0.25) is 4.98 Å². The van der Waals surface area contributed by atoms with Gasteiger partial charge in [-0.15, -0.1) is 0 Å². The van der Waals surface area contributed by atoms with Crippen LogP contribution in [-0.2, 0) is 0 Å². The van der Waals surface area contributed by atoms with Crippen molar-refractivity contribution in [2.45, 2.75) is 6.92 Å². The van der Waals surface area contributed by atoms with E-state index in [4.69, 9.17) is 9.47 Å². The zero-order valence-corrected chi connectivity index (χ0v) is 16.3. The van der Waals surface area contributed by atoms with E-state index in [1.807, 2.05) is 43.3 Å². The van der Waals surface area contributed by atoms with Crippen molar-refractivity contribution >= 4 is 34.1 Å². The number of nitrogens with zero attached hydrogens (tertiary/aromatic N) is 1. The SMILES string of the molecule is CCOc1cc(/C=C/c2ccncc2)ccc1OC(=O)c1ccc(Br)cc1. The molecule has 4 nitrogen and oxygen atoms in total. The van der Waals surface area contributed by atoms with Crippen LogP contribution in [0.4, 0.5) is 0 Å². The molecule has 5 heteroatoms. The highest BCUT2D eigenvalue weighted by Crippen LogP contribution is 2.30. The summed E-state index contributed by atoms with van der Waals surface area (Å²) in [5.41, 5.74) is 2.47. The van der Waals surface area contributed by atoms with E-state index in [2.05, 4.69) is 20.9 Å². The summed E-state index contributed by atoms with van der Waals surface area (Å²) in [6, 6.07) is 16.3. The Balaban J connectivity index is 1.80. The zero-order chi connectivity index (χ0) is 19.1. The molecule has 0 N–H and O–H groups in total. The van der Waals surface area contributed by atoms with Crippen LogP contribution >= 0.6 is 15.9 Å². The fourth-order valence-corrected chi connectivity index (χ4v) is 2.66. The van der Waals surface area contributed by atoms with Gasteiger partial charge in [-0.25, -0.2) is 4.79 Å². The Labute approximate surface area is 166 Å². The van der Waals surface area contributed by atoms with Crippen LogP contribution in [0.25, 0.3) is 12.2 Å². The minimum atomic E-state index is -0.427. The summed E-state index contributed by atoms with van der Waals surface area (Å²) in [6.07, 6.45) is 7.45. The third kappa shape index (κ3) is 5.28. The molecule has 1 heterocycles. The van der Waals surface area contributed by atoms with Crippen molar-refractivity contribution in [3.05, 3.63) is 88.2 Å². The fraction of sp³-hybridized carbons (Fsp3) is 0.0909. The number of hydrogen-bond donors (Lipinski definition) is 0. The number of pyridine rings is 1. The number of halogens is 1. The van der Waals surface area contributed by atoms with Crippen LogP contribution in [0.3, 0.4) is 0 Å². The summed E-state index contributed by atoms with van der Waals surface area (Å²) in [4.78, 5) is 16.4. The highest BCUT2D eigenvalue weighted by atomic mass is 79.9. The topological polar surface area (TPSA) is 48.4 Å². The Bertz CT molecular complexity index is 938. The summed E-state index contributed by atoms with van der Waals surface area (Å²) in [7, 11) is 0. The predicted molar refractivity (Wildman–Crippen MR) is 110 cm³/mol. The molecule has 2 aromatic carbocycles. The second kappa shape index (κ2) is 9.14. The second-order valence-electron chi connectivity index (χ2n) is 5.65. The van der Waals surface area contributed by atoms with Gasteiger partial charge < -0.3 is 9.47 Å². The summed E-state index contributed by atoms with van der Waals surface area (Å²) < 4.78 is 12.1. The molecule has 3 aromatic rings. The van der Waals surface area contributed by atoms with Crippen LogP contribution in [0.15, 0.2) is 71.5 Å². The first kappa shape index (κ1) is 18.9. The van der Waals surface area contributed by atoms with Crippen LogP contribution in [-0.4, -0.2) is 17.6 Å². The van der Waals surface area contributed by atoms with Crippen molar-refractivity contribution in [1.82, 2.24) is 4.98 Å². The van der Waals surface area contributed by atoms with Crippen LogP contribution < -0.4 is 9.47 Å². The molecule has 0 aliphatic carbocycles. The van der Waals surface area contributed by atoms with E-state index >= 15 is 0 Å². The fourth-order valence-electron chi connectivity index (χ4n) is 2.39. The maximum absolute atomic E-state index is 12.4. The van der Waals surface area contributed by atoms with Crippen molar-refractivity contribution in [2.75, 3.05) is 6.61 Å². The lowest BCUT2D eigenvalue weighted by atomic mass is 10.1. The van der Waals surface area contributed by atoms with E-state index in [0.717, 1.165) is 15.6 Å². The molecule has 0 amide bonds. The van der Waals surface area contributed by atoms with Gasteiger partial charge in [0.2, 0.25) is 0 Å². The molecule has 0 unspecified atom stereocenters. The van der Waals surface area contributed by atoms with Gasteiger partial charge in [-0.2, -0.15) is 0 Å². The lowest BCUT2D eigenvalue weighted by Crippen LogP contribution is -2.09. The van der Waals surface area contributed by atoms with E-state index in [1.165, 1.54) is 0 Å². The summed E-state index contributed by atoms with van der Waals surface area (Å²) in [6.45, 7) is 2.36. The number of benzene rings is 2. The lowest BCUT2D eigenvalue weighted by molar-refractivity contribution is 0.0728. The third-order valence-electron chi connectivity index (χ3n) is 3.72. The number of carbonyl (C=O) groups is 1. The van der Waals surface area contributed by atoms with Crippen molar-refractivity contribution in [3.8, 4) is 11.5 Å². The summed E-state index contributed by atoms with van der Waals surface area (Å²) in [5.74, 6) is 0.495. The van der Waals surface area contributed by atoms with Crippen molar-refractivity contribution in [1.29, 1.82) is 0 Å². The Hall–Kier alpha value is -2.92. The molecule has 27 heavy (non-hydrogen) atoms. The first-order chi connectivity index (χ1) is 13.2. The molecule has 0 saturated heterocycles. The molecule has 0 bridgehead atoms. The lowest BCUT2D eigenvalue weighted by Gasteiger charge is -2.11. The molecule has 136 valence electrons. The number of ether oxygens (including phenoxy) is 2. The molecular formula is C22H18BrNO3. The van der Waals surface area contributed by atoms with Crippen molar-refractivity contribution < 1.29 is 14.3 Å². The van der Waals surface area contributed by atoms with Gasteiger partial charge >= 0.3 is 5.97 Å². The van der Waals surface area contributed by atoms with E-state index in [9.17, 15) is 4.79 Å². The van der Waals surface area contributed by atoms with Crippen molar-refractivity contribution in [2.24, 2.45) is 0 Å². The molecule has 0 atom stereocenters. The van der Waals surface area contributed by atoms with Crippen LogP contribution in [0.1, 0.15) is 28.4 Å². The quantitative estimate of drug-likeness (QED) is 0.380. The van der Waals surface area contributed by atoms with Gasteiger partial charge in [0.05, 0.1) is 12.2 Å². The van der Waals surface area contributed by atoms with Gasteiger partial charge in [0.25, 0.3) is 0 Å². The predicted octanol–water partition coefficient (Wildman–Crippen LogP) is 5.63.